The molecule has 4 nitrogen and oxygen atoms in total. The van der Waals surface area contributed by atoms with Crippen molar-refractivity contribution < 1.29 is 14.3 Å². The Kier molecular flexibility index (Phi) is 4.16. The highest BCUT2D eigenvalue weighted by molar-refractivity contribution is 6.33. The van der Waals surface area contributed by atoms with E-state index in [0.717, 1.165) is 0 Å². The van der Waals surface area contributed by atoms with E-state index in [2.05, 4.69) is 4.99 Å². The second-order valence-corrected chi connectivity index (χ2v) is 3.06. The Labute approximate surface area is 92.5 Å². The first-order valence-electron chi connectivity index (χ1n) is 4.17. The number of benzene rings is 1. The van der Waals surface area contributed by atoms with Gasteiger partial charge < -0.3 is 9.47 Å². The maximum absolute atomic E-state index is 9.98. The Morgan fingerprint density at radius 1 is 1.40 bits per heavy atom. The van der Waals surface area contributed by atoms with Crippen LogP contribution in [-0.4, -0.2) is 20.3 Å². The van der Waals surface area contributed by atoms with Crippen LogP contribution < -0.4 is 9.47 Å². The third-order valence-corrected chi connectivity index (χ3v) is 2.29. The lowest BCUT2D eigenvalue weighted by Crippen LogP contribution is -1.94. The highest BCUT2D eigenvalue weighted by Gasteiger charge is 2.12. The summed E-state index contributed by atoms with van der Waals surface area (Å²) < 4.78 is 10.1. The molecule has 0 N–H and O–H groups in total. The van der Waals surface area contributed by atoms with Gasteiger partial charge in [0, 0.05) is 0 Å². The van der Waals surface area contributed by atoms with Crippen molar-refractivity contribution in [1.82, 2.24) is 0 Å². The van der Waals surface area contributed by atoms with Crippen molar-refractivity contribution in [3.8, 4) is 11.5 Å². The fraction of sp³-hybridized carbons (Fsp3) is 0.300. The molecule has 1 aromatic rings. The third kappa shape index (κ3) is 2.49. The molecule has 0 heterocycles. The zero-order valence-electron chi connectivity index (χ0n) is 8.41. The molecule has 0 amide bonds. The van der Waals surface area contributed by atoms with Gasteiger partial charge in [0.05, 0.1) is 25.8 Å². The van der Waals surface area contributed by atoms with Gasteiger partial charge in [0.2, 0.25) is 6.08 Å². The van der Waals surface area contributed by atoms with Crippen LogP contribution in [0.25, 0.3) is 0 Å². The molecule has 0 aliphatic rings. The molecule has 5 heteroatoms. The molecule has 0 saturated heterocycles. The first-order valence-corrected chi connectivity index (χ1v) is 4.55. The molecular weight excluding hydrogens is 218 g/mol. The summed E-state index contributed by atoms with van der Waals surface area (Å²) in [6, 6.07) is 3.44. The maximum Gasteiger partial charge on any atom is 0.235 e. The fourth-order valence-electron chi connectivity index (χ4n) is 1.17. The Bertz CT molecular complexity index is 400. The maximum atomic E-state index is 9.98. The molecule has 1 aromatic carbocycles. The van der Waals surface area contributed by atoms with E-state index in [1.54, 1.807) is 12.1 Å². The molecule has 80 valence electrons. The second-order valence-electron chi connectivity index (χ2n) is 2.68. The van der Waals surface area contributed by atoms with Crippen molar-refractivity contribution in [2.75, 3.05) is 14.2 Å². The standard InChI is InChI=1S/C10H10ClNO3/c1-14-8-4-3-7(5-12-6-13)9(11)10(8)15-2/h3-4H,5H2,1-2H3. The Hall–Kier alpha value is -1.51. The number of methoxy groups -OCH3 is 2. The van der Waals surface area contributed by atoms with E-state index in [1.807, 2.05) is 0 Å². The number of aliphatic imine (C=N–C) groups is 1. The van der Waals surface area contributed by atoms with Gasteiger partial charge in [-0.25, -0.2) is 9.79 Å². The van der Waals surface area contributed by atoms with Gasteiger partial charge in [-0.05, 0) is 11.6 Å². The molecule has 0 unspecified atom stereocenters. The monoisotopic (exact) mass is 227 g/mol. The predicted octanol–water partition coefficient (Wildman–Crippen LogP) is 2.19. The summed E-state index contributed by atoms with van der Waals surface area (Å²) in [5.74, 6) is 0.985. The molecule has 1 rings (SSSR count). The van der Waals surface area contributed by atoms with Gasteiger partial charge in [-0.3, -0.25) is 0 Å². The lowest BCUT2D eigenvalue weighted by atomic mass is 10.2. The van der Waals surface area contributed by atoms with Crippen LogP contribution in [0.5, 0.6) is 11.5 Å². The van der Waals surface area contributed by atoms with Crippen LogP contribution in [0, 0.1) is 0 Å². The summed E-state index contributed by atoms with van der Waals surface area (Å²) in [6.45, 7) is 0.183. The summed E-state index contributed by atoms with van der Waals surface area (Å²) in [7, 11) is 3.02. The minimum atomic E-state index is 0.183. The lowest BCUT2D eigenvalue weighted by Gasteiger charge is -2.11. The molecule has 0 fully saturated rings. The van der Waals surface area contributed by atoms with Crippen molar-refractivity contribution in [3.63, 3.8) is 0 Å². The Balaban J connectivity index is 3.16. The van der Waals surface area contributed by atoms with Crippen LogP contribution in [0.1, 0.15) is 5.56 Å². The smallest absolute Gasteiger partial charge is 0.235 e. The van der Waals surface area contributed by atoms with Gasteiger partial charge in [0.25, 0.3) is 0 Å². The van der Waals surface area contributed by atoms with E-state index in [-0.39, 0.29) is 6.54 Å². The highest BCUT2D eigenvalue weighted by atomic mass is 35.5. The Morgan fingerprint density at radius 3 is 2.67 bits per heavy atom. The minimum Gasteiger partial charge on any atom is -0.493 e. The third-order valence-electron chi connectivity index (χ3n) is 1.88. The van der Waals surface area contributed by atoms with Gasteiger partial charge >= 0.3 is 0 Å². The molecule has 0 aliphatic carbocycles. The lowest BCUT2D eigenvalue weighted by molar-refractivity contribution is 0.354. The number of hydrogen-bond donors (Lipinski definition) is 0. The zero-order chi connectivity index (χ0) is 11.3. The molecule has 0 aromatic heterocycles. The van der Waals surface area contributed by atoms with Crippen molar-refractivity contribution in [1.29, 1.82) is 0 Å². The summed E-state index contributed by atoms with van der Waals surface area (Å²) in [5, 5.41) is 0.399. The number of rotatable bonds is 4. The second kappa shape index (κ2) is 5.39. The molecule has 15 heavy (non-hydrogen) atoms. The van der Waals surface area contributed by atoms with Gasteiger partial charge in [0.1, 0.15) is 0 Å². The van der Waals surface area contributed by atoms with Gasteiger partial charge in [-0.1, -0.05) is 17.7 Å². The number of halogens is 1. The quantitative estimate of drug-likeness (QED) is 0.585. The summed E-state index contributed by atoms with van der Waals surface area (Å²) in [6.07, 6.45) is 1.45. The van der Waals surface area contributed by atoms with Crippen molar-refractivity contribution >= 4 is 17.7 Å². The largest absolute Gasteiger partial charge is 0.493 e. The molecule has 0 spiro atoms. The van der Waals surface area contributed by atoms with E-state index in [0.29, 0.717) is 22.1 Å². The average Bonchev–Trinajstić information content (AvgIpc) is 2.27. The molecule has 0 saturated carbocycles. The number of ether oxygens (including phenoxy) is 2. The zero-order valence-corrected chi connectivity index (χ0v) is 9.17. The van der Waals surface area contributed by atoms with Crippen LogP contribution in [0.4, 0.5) is 0 Å². The summed E-state index contributed by atoms with van der Waals surface area (Å²) in [4.78, 5) is 13.4. The Morgan fingerprint density at radius 2 is 2.13 bits per heavy atom. The van der Waals surface area contributed by atoms with Crippen LogP contribution in [0.3, 0.4) is 0 Å². The average molecular weight is 228 g/mol. The summed E-state index contributed by atoms with van der Waals surface area (Å²) >= 11 is 6.03. The van der Waals surface area contributed by atoms with E-state index in [1.165, 1.54) is 20.3 Å². The van der Waals surface area contributed by atoms with Crippen molar-refractivity contribution in [2.24, 2.45) is 4.99 Å². The fourth-order valence-corrected chi connectivity index (χ4v) is 1.46. The number of carbonyl (C=O) groups excluding carboxylic acids is 1. The number of hydrogen-bond acceptors (Lipinski definition) is 4. The topological polar surface area (TPSA) is 47.9 Å². The van der Waals surface area contributed by atoms with Crippen LogP contribution >= 0.6 is 11.6 Å². The van der Waals surface area contributed by atoms with Crippen LogP contribution in [0.2, 0.25) is 5.02 Å². The first-order chi connectivity index (χ1) is 7.24. The van der Waals surface area contributed by atoms with E-state index >= 15 is 0 Å². The molecular formula is C10H10ClNO3. The predicted molar refractivity (Wildman–Crippen MR) is 56.4 cm³/mol. The molecule has 0 aliphatic heterocycles. The van der Waals surface area contributed by atoms with E-state index in [9.17, 15) is 4.79 Å². The molecule has 0 bridgehead atoms. The van der Waals surface area contributed by atoms with Crippen molar-refractivity contribution in [2.45, 2.75) is 6.54 Å². The van der Waals surface area contributed by atoms with Crippen LogP contribution in [-0.2, 0) is 11.3 Å². The molecule has 0 atom stereocenters. The van der Waals surface area contributed by atoms with Gasteiger partial charge in [0.15, 0.2) is 11.5 Å². The number of isocyanates is 1. The first kappa shape index (κ1) is 11.6. The van der Waals surface area contributed by atoms with E-state index in [4.69, 9.17) is 21.1 Å². The number of nitrogens with zero attached hydrogens (tertiary/aromatic N) is 1. The normalized spacial score (nSPS) is 9.27. The highest BCUT2D eigenvalue weighted by Crippen LogP contribution is 2.37. The SMILES string of the molecule is COc1ccc(CN=C=O)c(Cl)c1OC. The minimum absolute atomic E-state index is 0.183. The van der Waals surface area contributed by atoms with Gasteiger partial charge in [-0.2, -0.15) is 0 Å². The van der Waals surface area contributed by atoms with Crippen molar-refractivity contribution in [3.05, 3.63) is 22.7 Å². The van der Waals surface area contributed by atoms with E-state index < -0.39 is 0 Å². The summed E-state index contributed by atoms with van der Waals surface area (Å²) in [5.41, 5.74) is 0.692. The molecule has 0 radical (unpaired) electrons. The van der Waals surface area contributed by atoms with Gasteiger partial charge in [-0.15, -0.1) is 0 Å². The van der Waals surface area contributed by atoms with Crippen LogP contribution in [0.15, 0.2) is 17.1 Å².